The number of hydrogen-bond donors (Lipinski definition) is 1. The first kappa shape index (κ1) is 13.9. The van der Waals surface area contributed by atoms with E-state index in [9.17, 15) is 5.11 Å². The van der Waals surface area contributed by atoms with Crippen LogP contribution < -0.4 is 0 Å². The number of aliphatic hydroxyl groups is 1. The van der Waals surface area contributed by atoms with E-state index in [1.165, 1.54) is 6.42 Å². The Kier molecular flexibility index (Phi) is 4.03. The number of halogens is 1. The summed E-state index contributed by atoms with van der Waals surface area (Å²) in [6, 6.07) is 7.65. The molecular weight excluding hydrogens is 244 g/mol. The van der Waals surface area contributed by atoms with Crippen molar-refractivity contribution >= 4 is 11.6 Å². The lowest BCUT2D eigenvalue weighted by molar-refractivity contribution is -0.0371. The first-order valence-electron chi connectivity index (χ1n) is 6.89. The van der Waals surface area contributed by atoms with Gasteiger partial charge in [-0.2, -0.15) is 0 Å². The summed E-state index contributed by atoms with van der Waals surface area (Å²) in [4.78, 5) is 0. The van der Waals surface area contributed by atoms with Gasteiger partial charge in [-0.05, 0) is 55.2 Å². The van der Waals surface area contributed by atoms with Gasteiger partial charge in [0.15, 0.2) is 0 Å². The van der Waals surface area contributed by atoms with E-state index in [2.05, 4.69) is 13.8 Å². The molecule has 0 radical (unpaired) electrons. The lowest BCUT2D eigenvalue weighted by atomic mass is 9.68. The Hall–Kier alpha value is -0.530. The van der Waals surface area contributed by atoms with E-state index in [0.717, 1.165) is 24.3 Å². The molecule has 2 heteroatoms. The van der Waals surface area contributed by atoms with Crippen LogP contribution in [0.4, 0.5) is 0 Å². The molecule has 1 nitrogen and oxygen atoms in total. The van der Waals surface area contributed by atoms with Gasteiger partial charge in [-0.3, -0.25) is 0 Å². The summed E-state index contributed by atoms with van der Waals surface area (Å²) in [7, 11) is 0. The van der Waals surface area contributed by atoms with Crippen LogP contribution in [-0.2, 0) is 5.60 Å². The average molecular weight is 267 g/mol. The topological polar surface area (TPSA) is 20.2 Å². The summed E-state index contributed by atoms with van der Waals surface area (Å²) < 4.78 is 0. The van der Waals surface area contributed by atoms with Crippen molar-refractivity contribution < 1.29 is 5.11 Å². The third kappa shape index (κ3) is 2.73. The zero-order valence-corrected chi connectivity index (χ0v) is 12.2. The van der Waals surface area contributed by atoms with Crippen LogP contribution in [0.1, 0.15) is 45.6 Å². The Morgan fingerprint density at radius 2 is 1.94 bits per heavy atom. The Bertz CT molecular complexity index is 413. The highest BCUT2D eigenvalue weighted by molar-refractivity contribution is 6.30. The van der Waals surface area contributed by atoms with E-state index in [1.54, 1.807) is 0 Å². The number of hydrogen-bond acceptors (Lipinski definition) is 1. The Labute approximate surface area is 115 Å². The van der Waals surface area contributed by atoms with Gasteiger partial charge < -0.3 is 5.11 Å². The highest BCUT2D eigenvalue weighted by Crippen LogP contribution is 2.43. The molecule has 0 spiro atoms. The minimum Gasteiger partial charge on any atom is -0.385 e. The van der Waals surface area contributed by atoms with E-state index in [0.29, 0.717) is 16.9 Å². The molecule has 100 valence electrons. The lowest BCUT2D eigenvalue weighted by Gasteiger charge is -2.40. The van der Waals surface area contributed by atoms with Gasteiger partial charge in [-0.1, -0.05) is 44.0 Å². The van der Waals surface area contributed by atoms with Crippen LogP contribution in [0.3, 0.4) is 0 Å². The van der Waals surface area contributed by atoms with Gasteiger partial charge in [0.25, 0.3) is 0 Å². The molecule has 0 heterocycles. The average Bonchev–Trinajstić information content (AvgIpc) is 2.32. The Balaban J connectivity index is 2.20. The van der Waals surface area contributed by atoms with Gasteiger partial charge in [0.1, 0.15) is 0 Å². The van der Waals surface area contributed by atoms with E-state index in [4.69, 9.17) is 11.6 Å². The van der Waals surface area contributed by atoms with Crippen molar-refractivity contribution in [1.82, 2.24) is 0 Å². The van der Waals surface area contributed by atoms with Gasteiger partial charge in [-0.25, -0.2) is 0 Å². The van der Waals surface area contributed by atoms with E-state index in [1.807, 2.05) is 31.2 Å². The van der Waals surface area contributed by atoms with Crippen LogP contribution in [0.15, 0.2) is 24.3 Å². The third-order valence-electron chi connectivity index (χ3n) is 4.80. The fourth-order valence-electron chi connectivity index (χ4n) is 3.10. The molecule has 1 fully saturated rings. The second-order valence-electron chi connectivity index (χ2n) is 6.12. The Morgan fingerprint density at radius 1 is 1.22 bits per heavy atom. The van der Waals surface area contributed by atoms with Gasteiger partial charge in [-0.15, -0.1) is 0 Å². The summed E-state index contributed by atoms with van der Waals surface area (Å²) in [5.74, 6) is 1.80. The minimum atomic E-state index is -0.765. The summed E-state index contributed by atoms with van der Waals surface area (Å²) >= 11 is 6.03. The van der Waals surface area contributed by atoms with Gasteiger partial charge >= 0.3 is 0 Å². The van der Waals surface area contributed by atoms with Crippen LogP contribution >= 0.6 is 11.6 Å². The number of rotatable bonds is 2. The molecule has 2 rings (SSSR count). The molecule has 1 N–H and O–H groups in total. The molecule has 0 aliphatic heterocycles. The van der Waals surface area contributed by atoms with Crippen molar-refractivity contribution in [2.45, 2.75) is 45.6 Å². The summed E-state index contributed by atoms with van der Waals surface area (Å²) in [5, 5.41) is 11.6. The monoisotopic (exact) mass is 266 g/mol. The second kappa shape index (κ2) is 5.22. The van der Waals surface area contributed by atoms with Crippen molar-refractivity contribution in [2.24, 2.45) is 17.8 Å². The summed E-state index contributed by atoms with van der Waals surface area (Å²) in [6.07, 6.45) is 3.41. The molecule has 1 saturated carbocycles. The molecule has 0 amide bonds. The molecule has 4 unspecified atom stereocenters. The van der Waals surface area contributed by atoms with Crippen molar-refractivity contribution in [1.29, 1.82) is 0 Å². The van der Waals surface area contributed by atoms with Crippen LogP contribution in [0.2, 0.25) is 5.02 Å². The SMILES string of the molecule is CC1CCC(C(C)(O)c2cccc(Cl)c2)CC1C. The molecular formula is C16H23ClO. The minimum absolute atomic E-state index is 0.335. The van der Waals surface area contributed by atoms with Gasteiger partial charge in [0, 0.05) is 5.02 Å². The largest absolute Gasteiger partial charge is 0.385 e. The predicted molar refractivity (Wildman–Crippen MR) is 76.7 cm³/mol. The molecule has 1 aliphatic rings. The van der Waals surface area contributed by atoms with Crippen molar-refractivity contribution in [3.63, 3.8) is 0 Å². The maximum atomic E-state index is 10.9. The fraction of sp³-hybridized carbons (Fsp3) is 0.625. The van der Waals surface area contributed by atoms with Gasteiger partial charge in [0.05, 0.1) is 5.60 Å². The lowest BCUT2D eigenvalue weighted by Crippen LogP contribution is -2.36. The highest BCUT2D eigenvalue weighted by atomic mass is 35.5. The number of benzene rings is 1. The quantitative estimate of drug-likeness (QED) is 0.828. The van der Waals surface area contributed by atoms with Crippen LogP contribution in [0.5, 0.6) is 0 Å². The van der Waals surface area contributed by atoms with Crippen molar-refractivity contribution in [3.05, 3.63) is 34.9 Å². The maximum Gasteiger partial charge on any atom is 0.0897 e. The Morgan fingerprint density at radius 3 is 2.56 bits per heavy atom. The van der Waals surface area contributed by atoms with E-state index < -0.39 is 5.60 Å². The predicted octanol–water partition coefficient (Wildman–Crippen LogP) is 4.62. The van der Waals surface area contributed by atoms with Crippen LogP contribution in [0.25, 0.3) is 0 Å². The molecule has 1 aliphatic carbocycles. The molecule has 18 heavy (non-hydrogen) atoms. The van der Waals surface area contributed by atoms with E-state index >= 15 is 0 Å². The zero-order valence-electron chi connectivity index (χ0n) is 11.5. The molecule has 0 saturated heterocycles. The van der Waals surface area contributed by atoms with Crippen molar-refractivity contribution in [3.8, 4) is 0 Å². The first-order valence-corrected chi connectivity index (χ1v) is 7.27. The summed E-state index contributed by atoms with van der Waals surface area (Å²) in [6.45, 7) is 6.55. The highest BCUT2D eigenvalue weighted by Gasteiger charge is 2.38. The molecule has 4 atom stereocenters. The summed E-state index contributed by atoms with van der Waals surface area (Å²) in [5.41, 5.74) is 0.181. The molecule has 1 aromatic rings. The fourth-order valence-corrected chi connectivity index (χ4v) is 3.29. The normalized spacial score (nSPS) is 31.9. The van der Waals surface area contributed by atoms with E-state index in [-0.39, 0.29) is 0 Å². The second-order valence-corrected chi connectivity index (χ2v) is 6.56. The van der Waals surface area contributed by atoms with Crippen molar-refractivity contribution in [2.75, 3.05) is 0 Å². The molecule has 0 aromatic heterocycles. The third-order valence-corrected chi connectivity index (χ3v) is 5.04. The molecule has 0 bridgehead atoms. The standard InChI is InChI=1S/C16H23ClO/c1-11-7-8-14(9-12(11)2)16(3,18)13-5-4-6-15(17)10-13/h4-6,10-12,14,18H,7-9H2,1-3H3. The maximum absolute atomic E-state index is 10.9. The zero-order chi connectivity index (χ0) is 13.3. The molecule has 1 aromatic carbocycles. The van der Waals surface area contributed by atoms with Crippen LogP contribution in [-0.4, -0.2) is 5.11 Å². The first-order chi connectivity index (χ1) is 8.41. The van der Waals surface area contributed by atoms with Crippen LogP contribution in [0, 0.1) is 17.8 Å². The van der Waals surface area contributed by atoms with Gasteiger partial charge in [0.2, 0.25) is 0 Å². The smallest absolute Gasteiger partial charge is 0.0897 e.